The van der Waals surface area contributed by atoms with E-state index in [1.807, 2.05) is 30.0 Å². The van der Waals surface area contributed by atoms with Gasteiger partial charge in [0.25, 0.3) is 0 Å². The van der Waals surface area contributed by atoms with E-state index in [-0.39, 0.29) is 22.9 Å². The number of rotatable bonds is 6. The van der Waals surface area contributed by atoms with Crippen molar-refractivity contribution in [2.75, 3.05) is 24.5 Å². The Hall–Kier alpha value is -1.65. The van der Waals surface area contributed by atoms with Gasteiger partial charge in [-0.25, -0.2) is 0 Å². The van der Waals surface area contributed by atoms with Crippen molar-refractivity contribution in [3.05, 3.63) is 66.2 Å². The van der Waals surface area contributed by atoms with Gasteiger partial charge in [0.2, 0.25) is 5.91 Å². The fourth-order valence-corrected chi connectivity index (χ4v) is 3.65. The number of carbonyl (C=O) groups excluding carboxylic acids is 1. The van der Waals surface area contributed by atoms with Crippen LogP contribution in [0.5, 0.6) is 0 Å². The van der Waals surface area contributed by atoms with Gasteiger partial charge in [-0.15, -0.1) is 0 Å². The minimum Gasteiger partial charge on any atom is -1.00 e. The maximum atomic E-state index is 12.5. The second-order valence-electron chi connectivity index (χ2n) is 6.76. The molecule has 0 atom stereocenters. The van der Waals surface area contributed by atoms with E-state index in [2.05, 4.69) is 47.4 Å². The van der Waals surface area contributed by atoms with Gasteiger partial charge in [-0.3, -0.25) is 4.79 Å². The lowest BCUT2D eigenvalue weighted by Crippen LogP contribution is -3.00. The van der Waals surface area contributed by atoms with E-state index in [9.17, 15) is 4.79 Å². The quantitative estimate of drug-likeness (QED) is 0.706. The maximum absolute atomic E-state index is 12.5. The highest BCUT2D eigenvalue weighted by Gasteiger charge is 2.28. The zero-order chi connectivity index (χ0) is 17.5. The molecule has 1 aliphatic rings. The molecule has 4 heteroatoms. The summed E-state index contributed by atoms with van der Waals surface area (Å²) in [5.74, 6) is 0.230. The lowest BCUT2D eigenvalue weighted by atomic mass is 10.0. The van der Waals surface area contributed by atoms with Crippen LogP contribution in [0.25, 0.3) is 0 Å². The summed E-state index contributed by atoms with van der Waals surface area (Å²) in [4.78, 5) is 17.1. The summed E-state index contributed by atoms with van der Waals surface area (Å²) in [6.07, 6.45) is 3.76. The van der Waals surface area contributed by atoms with Gasteiger partial charge >= 0.3 is 0 Å². The summed E-state index contributed by atoms with van der Waals surface area (Å²) < 4.78 is 0. The van der Waals surface area contributed by atoms with Crippen LogP contribution in [0.1, 0.15) is 31.7 Å². The van der Waals surface area contributed by atoms with Crippen LogP contribution in [0.2, 0.25) is 0 Å². The van der Waals surface area contributed by atoms with Crippen LogP contribution in [-0.2, 0) is 11.2 Å². The molecule has 0 N–H and O–H groups in total. The normalized spacial score (nSPS) is 15.3. The topological polar surface area (TPSA) is 23.6 Å². The zero-order valence-corrected chi connectivity index (χ0v) is 17.1. The van der Waals surface area contributed by atoms with Crippen LogP contribution >= 0.6 is 0 Å². The SMILES string of the molecule is CCC(=O)N(c1ccccc1)C1CCN(CCc2ccccc2)CC1.[Br-]. The molecule has 0 aliphatic carbocycles. The molecule has 0 bridgehead atoms. The molecule has 2 aromatic carbocycles. The molecule has 3 nitrogen and oxygen atoms in total. The molecule has 1 amide bonds. The van der Waals surface area contributed by atoms with Crippen molar-refractivity contribution in [1.29, 1.82) is 0 Å². The van der Waals surface area contributed by atoms with Crippen LogP contribution in [0.3, 0.4) is 0 Å². The molecule has 0 spiro atoms. The second-order valence-corrected chi connectivity index (χ2v) is 6.76. The Morgan fingerprint density at radius 1 is 1.00 bits per heavy atom. The van der Waals surface area contributed by atoms with Gasteiger partial charge in [0.15, 0.2) is 0 Å². The highest BCUT2D eigenvalue weighted by molar-refractivity contribution is 5.93. The van der Waals surface area contributed by atoms with Gasteiger partial charge in [0.1, 0.15) is 0 Å². The Balaban J connectivity index is 0.00000243. The van der Waals surface area contributed by atoms with Crippen LogP contribution in [0, 0.1) is 0 Å². The fourth-order valence-electron chi connectivity index (χ4n) is 3.65. The number of halogens is 1. The predicted octanol–water partition coefficient (Wildman–Crippen LogP) is 1.14. The molecule has 1 aliphatic heterocycles. The van der Waals surface area contributed by atoms with Crippen LogP contribution < -0.4 is 21.9 Å². The van der Waals surface area contributed by atoms with Crippen molar-refractivity contribution in [3.8, 4) is 0 Å². The summed E-state index contributed by atoms with van der Waals surface area (Å²) in [5, 5.41) is 0. The maximum Gasteiger partial charge on any atom is 0.226 e. The third kappa shape index (κ3) is 5.42. The van der Waals surface area contributed by atoms with Crippen molar-refractivity contribution >= 4 is 11.6 Å². The van der Waals surface area contributed by atoms with Crippen LogP contribution in [0.15, 0.2) is 60.7 Å². The van der Waals surface area contributed by atoms with Gasteiger partial charge < -0.3 is 26.8 Å². The van der Waals surface area contributed by atoms with E-state index < -0.39 is 0 Å². The number of anilines is 1. The molecular formula is C22H28BrN2O-. The summed E-state index contributed by atoms with van der Waals surface area (Å²) in [6.45, 7) is 5.19. The number of amides is 1. The Morgan fingerprint density at radius 2 is 1.58 bits per heavy atom. The Morgan fingerprint density at radius 3 is 2.15 bits per heavy atom. The number of para-hydroxylation sites is 1. The van der Waals surface area contributed by atoms with Gasteiger partial charge in [0.05, 0.1) is 0 Å². The Bertz CT molecular complexity index is 654. The number of hydrogen-bond acceptors (Lipinski definition) is 2. The second kappa shape index (κ2) is 10.5. The first kappa shape index (κ1) is 20.7. The van der Waals surface area contributed by atoms with E-state index in [0.29, 0.717) is 12.5 Å². The van der Waals surface area contributed by atoms with E-state index in [4.69, 9.17) is 0 Å². The first-order valence-electron chi connectivity index (χ1n) is 9.41. The number of piperidine rings is 1. The van der Waals surface area contributed by atoms with Crippen molar-refractivity contribution < 1.29 is 21.8 Å². The summed E-state index contributed by atoms with van der Waals surface area (Å²) in [6, 6.07) is 21.1. The standard InChI is InChI=1S/C22H28N2O.BrH/c1-2-22(25)24(20-11-7-4-8-12-20)21-14-17-23(18-15-21)16-13-19-9-5-3-6-10-19;/h3-12,21H,2,13-18H2,1H3;1H/p-1. The zero-order valence-electron chi connectivity index (χ0n) is 15.5. The van der Waals surface area contributed by atoms with Crippen molar-refractivity contribution in [2.24, 2.45) is 0 Å². The molecule has 1 saturated heterocycles. The van der Waals surface area contributed by atoms with Gasteiger partial charge in [-0.1, -0.05) is 55.5 Å². The summed E-state index contributed by atoms with van der Waals surface area (Å²) >= 11 is 0. The predicted molar refractivity (Wildman–Crippen MR) is 104 cm³/mol. The van der Waals surface area contributed by atoms with Crippen molar-refractivity contribution in [2.45, 2.75) is 38.6 Å². The van der Waals surface area contributed by atoms with E-state index in [1.54, 1.807) is 0 Å². The molecule has 2 aromatic rings. The molecule has 3 rings (SSSR count). The molecule has 26 heavy (non-hydrogen) atoms. The van der Waals surface area contributed by atoms with Crippen molar-refractivity contribution in [1.82, 2.24) is 4.90 Å². The average Bonchev–Trinajstić information content (AvgIpc) is 2.69. The molecule has 0 unspecified atom stereocenters. The van der Waals surface area contributed by atoms with Crippen LogP contribution in [-0.4, -0.2) is 36.5 Å². The first-order chi connectivity index (χ1) is 12.3. The molecule has 0 aromatic heterocycles. The molecular weight excluding hydrogens is 388 g/mol. The fraction of sp³-hybridized carbons (Fsp3) is 0.409. The lowest BCUT2D eigenvalue weighted by Gasteiger charge is -2.38. The lowest BCUT2D eigenvalue weighted by molar-refractivity contribution is -0.119. The number of likely N-dealkylation sites (tertiary alicyclic amines) is 1. The van der Waals surface area contributed by atoms with Gasteiger partial charge in [0, 0.05) is 37.8 Å². The third-order valence-electron chi connectivity index (χ3n) is 5.09. The smallest absolute Gasteiger partial charge is 0.226 e. The summed E-state index contributed by atoms with van der Waals surface area (Å²) in [7, 11) is 0. The molecule has 0 saturated carbocycles. The number of carbonyl (C=O) groups is 1. The molecule has 140 valence electrons. The number of nitrogens with zero attached hydrogens (tertiary/aromatic N) is 2. The Kier molecular flexibility index (Phi) is 8.33. The number of benzene rings is 2. The average molecular weight is 416 g/mol. The first-order valence-corrected chi connectivity index (χ1v) is 9.41. The van der Waals surface area contributed by atoms with E-state index >= 15 is 0 Å². The van der Waals surface area contributed by atoms with Crippen LogP contribution in [0.4, 0.5) is 5.69 Å². The highest BCUT2D eigenvalue weighted by Crippen LogP contribution is 2.24. The molecule has 1 fully saturated rings. The third-order valence-corrected chi connectivity index (χ3v) is 5.09. The highest BCUT2D eigenvalue weighted by atomic mass is 79.9. The molecule has 0 radical (unpaired) electrons. The molecule has 1 heterocycles. The monoisotopic (exact) mass is 415 g/mol. The van der Waals surface area contributed by atoms with E-state index in [0.717, 1.165) is 44.6 Å². The minimum absolute atomic E-state index is 0. The van der Waals surface area contributed by atoms with E-state index in [1.165, 1.54) is 5.56 Å². The van der Waals surface area contributed by atoms with Crippen molar-refractivity contribution in [3.63, 3.8) is 0 Å². The number of hydrogen-bond donors (Lipinski definition) is 0. The summed E-state index contributed by atoms with van der Waals surface area (Å²) in [5.41, 5.74) is 2.44. The minimum atomic E-state index is 0. The van der Waals surface area contributed by atoms with Gasteiger partial charge in [-0.05, 0) is 37.0 Å². The van der Waals surface area contributed by atoms with Gasteiger partial charge in [-0.2, -0.15) is 0 Å². The largest absolute Gasteiger partial charge is 1.00 e. The Labute approximate surface area is 167 Å².